The van der Waals surface area contributed by atoms with E-state index in [0.717, 1.165) is 25.7 Å². The number of nitrogens with zero attached hydrogens (tertiary/aromatic N) is 1. The third-order valence-corrected chi connectivity index (χ3v) is 3.01. The van der Waals surface area contributed by atoms with Gasteiger partial charge in [0.2, 0.25) is 11.8 Å². The van der Waals surface area contributed by atoms with Gasteiger partial charge in [-0.25, -0.2) is 0 Å². The van der Waals surface area contributed by atoms with E-state index in [4.69, 9.17) is 5.73 Å². The van der Waals surface area contributed by atoms with Crippen LogP contribution in [-0.4, -0.2) is 48.6 Å². The normalized spacial score (nSPS) is 16.6. The lowest BCUT2D eigenvalue weighted by atomic mass is 10.2. The maximum Gasteiger partial charge on any atom is 0.401 e. The number of carbonyl (C=O) groups is 2. The topological polar surface area (TPSA) is 75.4 Å². The first-order valence-electron chi connectivity index (χ1n) is 6.15. The molecule has 8 heteroatoms. The first-order valence-corrected chi connectivity index (χ1v) is 6.15. The van der Waals surface area contributed by atoms with Crippen molar-refractivity contribution in [3.05, 3.63) is 0 Å². The van der Waals surface area contributed by atoms with E-state index in [2.05, 4.69) is 0 Å². The fraction of sp³-hybridized carbons (Fsp3) is 0.818. The number of amides is 2. The number of rotatable bonds is 6. The van der Waals surface area contributed by atoms with Gasteiger partial charge in [-0.3, -0.25) is 9.59 Å². The van der Waals surface area contributed by atoms with Crippen LogP contribution >= 0.6 is 0 Å². The number of primary amides is 1. The van der Waals surface area contributed by atoms with Gasteiger partial charge in [-0.1, -0.05) is 12.8 Å². The quantitative estimate of drug-likeness (QED) is 0.739. The van der Waals surface area contributed by atoms with Gasteiger partial charge in [0, 0.05) is 6.04 Å². The van der Waals surface area contributed by atoms with Crippen LogP contribution < -0.4 is 11.1 Å². The van der Waals surface area contributed by atoms with Crippen molar-refractivity contribution < 1.29 is 22.8 Å². The Labute approximate surface area is 109 Å². The molecule has 0 bridgehead atoms. The Balaban J connectivity index is 2.49. The molecular formula is C11H18F3N3O2. The Morgan fingerprint density at radius 2 is 1.84 bits per heavy atom. The summed E-state index contributed by atoms with van der Waals surface area (Å²) >= 11 is 0. The monoisotopic (exact) mass is 281 g/mol. The van der Waals surface area contributed by atoms with E-state index in [0.29, 0.717) is 0 Å². The lowest BCUT2D eigenvalue weighted by molar-refractivity contribution is -0.139. The third kappa shape index (κ3) is 5.91. The summed E-state index contributed by atoms with van der Waals surface area (Å²) in [5, 5.41) is 2.03. The second-order valence-electron chi connectivity index (χ2n) is 4.64. The SMILES string of the molecule is NC(=O)CN(C(=O)CNCC(F)(F)F)C1CCCC1. The summed E-state index contributed by atoms with van der Waals surface area (Å²) in [6, 6.07) is -0.0901. The summed E-state index contributed by atoms with van der Waals surface area (Å²) in [7, 11) is 0. The molecule has 0 aromatic rings. The number of carbonyl (C=O) groups excluding carboxylic acids is 2. The van der Waals surface area contributed by atoms with Crippen molar-refractivity contribution in [2.45, 2.75) is 37.9 Å². The molecule has 1 aliphatic rings. The minimum absolute atomic E-state index is 0.0901. The molecule has 0 radical (unpaired) electrons. The van der Waals surface area contributed by atoms with Crippen LogP contribution in [0.2, 0.25) is 0 Å². The summed E-state index contributed by atoms with van der Waals surface area (Å²) < 4.78 is 35.9. The summed E-state index contributed by atoms with van der Waals surface area (Å²) in [5.74, 6) is -1.17. The molecule has 0 aromatic heterocycles. The lowest BCUT2D eigenvalue weighted by Gasteiger charge is -2.28. The highest BCUT2D eigenvalue weighted by molar-refractivity contribution is 5.85. The molecule has 0 atom stereocenters. The summed E-state index contributed by atoms with van der Waals surface area (Å²) in [5.41, 5.74) is 5.06. The molecule has 19 heavy (non-hydrogen) atoms. The van der Waals surface area contributed by atoms with Gasteiger partial charge in [-0.2, -0.15) is 13.2 Å². The predicted octanol–water partition coefficient (Wildman–Crippen LogP) is 0.395. The van der Waals surface area contributed by atoms with Crippen molar-refractivity contribution in [1.29, 1.82) is 0 Å². The molecule has 110 valence electrons. The fourth-order valence-corrected chi connectivity index (χ4v) is 2.22. The Kier molecular flexibility index (Phi) is 5.59. The van der Waals surface area contributed by atoms with Crippen molar-refractivity contribution in [3.63, 3.8) is 0 Å². The molecule has 5 nitrogen and oxygen atoms in total. The van der Waals surface area contributed by atoms with Gasteiger partial charge in [0.1, 0.15) is 0 Å². The molecule has 0 unspecified atom stereocenters. The number of hydrogen-bond acceptors (Lipinski definition) is 3. The Morgan fingerprint density at radius 1 is 1.26 bits per heavy atom. The molecule has 0 saturated heterocycles. The molecule has 1 aliphatic carbocycles. The average molecular weight is 281 g/mol. The predicted molar refractivity (Wildman–Crippen MR) is 62.1 cm³/mol. The molecule has 1 rings (SSSR count). The molecule has 2 amide bonds. The Bertz CT molecular complexity index is 328. The van der Waals surface area contributed by atoms with E-state index in [9.17, 15) is 22.8 Å². The number of halogens is 3. The van der Waals surface area contributed by atoms with Crippen molar-refractivity contribution >= 4 is 11.8 Å². The highest BCUT2D eigenvalue weighted by Crippen LogP contribution is 2.23. The largest absolute Gasteiger partial charge is 0.401 e. The van der Waals surface area contributed by atoms with Crippen molar-refractivity contribution in [2.24, 2.45) is 5.73 Å². The van der Waals surface area contributed by atoms with Crippen LogP contribution in [0, 0.1) is 0 Å². The van der Waals surface area contributed by atoms with Crippen molar-refractivity contribution in [1.82, 2.24) is 10.2 Å². The minimum Gasteiger partial charge on any atom is -0.368 e. The number of nitrogens with two attached hydrogens (primary N) is 1. The van der Waals surface area contributed by atoms with Crippen LogP contribution in [0.1, 0.15) is 25.7 Å². The van der Waals surface area contributed by atoms with Crippen LogP contribution in [0.3, 0.4) is 0 Å². The van der Waals surface area contributed by atoms with E-state index in [1.807, 2.05) is 5.32 Å². The Hall–Kier alpha value is -1.31. The van der Waals surface area contributed by atoms with Crippen LogP contribution in [-0.2, 0) is 9.59 Å². The number of hydrogen-bond donors (Lipinski definition) is 2. The average Bonchev–Trinajstić information content (AvgIpc) is 2.76. The highest BCUT2D eigenvalue weighted by Gasteiger charge is 2.30. The Morgan fingerprint density at radius 3 is 2.32 bits per heavy atom. The summed E-state index contributed by atoms with van der Waals surface area (Å²) in [6.07, 6.45) is -0.939. The fourth-order valence-electron chi connectivity index (χ4n) is 2.22. The van der Waals surface area contributed by atoms with Crippen LogP contribution in [0.4, 0.5) is 13.2 Å². The van der Waals surface area contributed by atoms with Gasteiger partial charge in [0.25, 0.3) is 0 Å². The first-order chi connectivity index (χ1) is 8.79. The standard InChI is InChI=1S/C11H18F3N3O2/c12-11(13,14)7-16-5-10(19)17(6-9(15)18)8-3-1-2-4-8/h8,16H,1-7H2,(H2,15,18). The van der Waals surface area contributed by atoms with Gasteiger partial charge in [-0.15, -0.1) is 0 Å². The van der Waals surface area contributed by atoms with Gasteiger partial charge in [0.05, 0.1) is 19.6 Å². The van der Waals surface area contributed by atoms with E-state index in [1.54, 1.807) is 0 Å². The highest BCUT2D eigenvalue weighted by atomic mass is 19.4. The zero-order valence-corrected chi connectivity index (χ0v) is 10.5. The summed E-state index contributed by atoms with van der Waals surface area (Å²) in [4.78, 5) is 24.1. The molecule has 1 saturated carbocycles. The van der Waals surface area contributed by atoms with Gasteiger partial charge < -0.3 is 16.0 Å². The number of nitrogens with one attached hydrogen (secondary N) is 1. The van der Waals surface area contributed by atoms with E-state index in [-0.39, 0.29) is 12.6 Å². The second-order valence-corrected chi connectivity index (χ2v) is 4.64. The summed E-state index contributed by atoms with van der Waals surface area (Å²) in [6.45, 7) is -1.91. The molecule has 0 heterocycles. The third-order valence-electron chi connectivity index (χ3n) is 3.01. The maximum atomic E-state index is 12.0. The molecule has 0 aliphatic heterocycles. The van der Waals surface area contributed by atoms with E-state index in [1.165, 1.54) is 4.90 Å². The smallest absolute Gasteiger partial charge is 0.368 e. The minimum atomic E-state index is -4.36. The van der Waals surface area contributed by atoms with Crippen molar-refractivity contribution in [2.75, 3.05) is 19.6 Å². The molecule has 0 spiro atoms. The van der Waals surface area contributed by atoms with Gasteiger partial charge >= 0.3 is 6.18 Å². The van der Waals surface area contributed by atoms with Crippen molar-refractivity contribution in [3.8, 4) is 0 Å². The molecule has 0 aromatic carbocycles. The zero-order valence-electron chi connectivity index (χ0n) is 10.5. The number of alkyl halides is 3. The first kappa shape index (κ1) is 15.7. The van der Waals surface area contributed by atoms with Crippen LogP contribution in [0.25, 0.3) is 0 Å². The molecule has 3 N–H and O–H groups in total. The molecular weight excluding hydrogens is 263 g/mol. The maximum absolute atomic E-state index is 12.0. The lowest BCUT2D eigenvalue weighted by Crippen LogP contribution is -2.48. The van der Waals surface area contributed by atoms with Crippen LogP contribution in [0.15, 0.2) is 0 Å². The van der Waals surface area contributed by atoms with E-state index < -0.39 is 31.1 Å². The van der Waals surface area contributed by atoms with Crippen LogP contribution in [0.5, 0.6) is 0 Å². The van der Waals surface area contributed by atoms with Gasteiger partial charge in [0.15, 0.2) is 0 Å². The van der Waals surface area contributed by atoms with E-state index >= 15 is 0 Å². The van der Waals surface area contributed by atoms with Gasteiger partial charge in [-0.05, 0) is 12.8 Å². The second kappa shape index (κ2) is 6.74. The zero-order chi connectivity index (χ0) is 14.5. The molecule has 1 fully saturated rings.